The van der Waals surface area contributed by atoms with E-state index in [-0.39, 0.29) is 15.8 Å². The van der Waals surface area contributed by atoms with Gasteiger partial charge in [0.2, 0.25) is 15.9 Å². The van der Waals surface area contributed by atoms with Crippen molar-refractivity contribution in [3.8, 4) is 0 Å². The number of hydrogen-bond acceptors (Lipinski definition) is 4. The number of sulfonamides is 1. The van der Waals surface area contributed by atoms with Gasteiger partial charge in [-0.1, -0.05) is 24.4 Å². The number of rotatable bonds is 4. The molecule has 0 radical (unpaired) electrons. The van der Waals surface area contributed by atoms with Gasteiger partial charge >= 0.3 is 0 Å². The van der Waals surface area contributed by atoms with Crippen molar-refractivity contribution in [1.82, 2.24) is 9.62 Å². The number of hydrogen-bond donors (Lipinski definition) is 2. The molecule has 1 aliphatic heterocycles. The second kappa shape index (κ2) is 6.08. The third kappa shape index (κ3) is 3.07. The van der Waals surface area contributed by atoms with Crippen LogP contribution in [0.5, 0.6) is 0 Å². The van der Waals surface area contributed by atoms with Gasteiger partial charge in [-0.25, -0.2) is 8.42 Å². The summed E-state index contributed by atoms with van der Waals surface area (Å²) < 4.78 is 26.6. The number of benzene rings is 1. The maximum Gasteiger partial charge on any atom is 0.243 e. The monoisotopic (exact) mass is 327 g/mol. The molecule has 2 rings (SSSR count). The molecule has 0 spiro atoms. The maximum atomic E-state index is 12.7. The van der Waals surface area contributed by atoms with E-state index in [1.165, 1.54) is 23.5 Å². The van der Waals surface area contributed by atoms with Crippen molar-refractivity contribution < 1.29 is 13.2 Å². The maximum absolute atomic E-state index is 12.7. The van der Waals surface area contributed by atoms with Gasteiger partial charge in [-0.3, -0.25) is 4.79 Å². The van der Waals surface area contributed by atoms with Crippen LogP contribution < -0.4 is 11.1 Å². The minimum atomic E-state index is -3.74. The molecule has 0 bridgehead atoms. The average molecular weight is 327 g/mol. The molecule has 1 aromatic rings. The molecule has 1 atom stereocenters. The molecule has 1 saturated heterocycles. The smallest absolute Gasteiger partial charge is 0.243 e. The Balaban J connectivity index is 2.40. The zero-order chi connectivity index (χ0) is 15.6. The molecule has 0 aromatic heterocycles. The molecule has 8 heteroatoms. The summed E-state index contributed by atoms with van der Waals surface area (Å²) in [5.74, 6) is -0.290. The van der Waals surface area contributed by atoms with Crippen molar-refractivity contribution in [3.63, 3.8) is 0 Å². The predicted molar refractivity (Wildman–Crippen MR) is 83.3 cm³/mol. The van der Waals surface area contributed by atoms with Crippen LogP contribution in [0.3, 0.4) is 0 Å². The average Bonchev–Trinajstić information content (AvgIpc) is 2.96. The summed E-state index contributed by atoms with van der Waals surface area (Å²) in [6.07, 6.45) is 1.18. The van der Waals surface area contributed by atoms with Crippen molar-refractivity contribution in [2.24, 2.45) is 5.73 Å². The highest BCUT2D eigenvalue weighted by Gasteiger charge is 2.39. The van der Waals surface area contributed by atoms with Gasteiger partial charge in [0.15, 0.2) is 0 Å². The van der Waals surface area contributed by atoms with E-state index >= 15 is 0 Å². The van der Waals surface area contributed by atoms with Crippen LogP contribution in [0.4, 0.5) is 0 Å². The van der Waals surface area contributed by atoms with Gasteiger partial charge < -0.3 is 11.1 Å². The minimum absolute atomic E-state index is 0.101. The van der Waals surface area contributed by atoms with Gasteiger partial charge in [-0.2, -0.15) is 4.31 Å². The lowest BCUT2D eigenvalue weighted by Gasteiger charge is -2.23. The van der Waals surface area contributed by atoms with E-state index in [2.05, 4.69) is 5.32 Å². The van der Waals surface area contributed by atoms with Crippen LogP contribution in [0, 0.1) is 0 Å². The van der Waals surface area contributed by atoms with Crippen LogP contribution in [0.2, 0.25) is 0 Å². The third-order valence-electron chi connectivity index (χ3n) is 3.48. The lowest BCUT2D eigenvalue weighted by molar-refractivity contribution is -0.123. The fourth-order valence-corrected chi connectivity index (χ4v) is 4.23. The normalized spacial score (nSPS) is 19.4. The van der Waals surface area contributed by atoms with E-state index in [0.29, 0.717) is 24.9 Å². The number of nitrogens with one attached hydrogen (secondary N) is 1. The zero-order valence-electron chi connectivity index (χ0n) is 11.6. The predicted octanol–water partition coefficient (Wildman–Crippen LogP) is 0.220. The summed E-state index contributed by atoms with van der Waals surface area (Å²) in [5.41, 5.74) is 6.02. The van der Waals surface area contributed by atoms with E-state index in [1.54, 1.807) is 12.1 Å². The highest BCUT2D eigenvalue weighted by Crippen LogP contribution is 2.26. The molecule has 0 aliphatic carbocycles. The topological polar surface area (TPSA) is 92.5 Å². The summed E-state index contributed by atoms with van der Waals surface area (Å²) in [6.45, 7) is 0.331. The van der Waals surface area contributed by atoms with Crippen LogP contribution in [0.15, 0.2) is 29.2 Å². The molecule has 1 heterocycles. The number of amides is 1. The number of carbonyl (C=O) groups excluding carboxylic acids is 1. The minimum Gasteiger partial charge on any atom is -0.389 e. The molecule has 114 valence electrons. The lowest BCUT2D eigenvalue weighted by Crippen LogP contribution is -2.44. The molecular weight excluding hydrogens is 310 g/mol. The summed E-state index contributed by atoms with van der Waals surface area (Å²) in [5, 5.41) is 2.50. The second-order valence-electron chi connectivity index (χ2n) is 4.78. The number of nitrogens with zero attached hydrogens (tertiary/aromatic N) is 1. The molecule has 6 nitrogen and oxygen atoms in total. The molecule has 1 amide bonds. The summed E-state index contributed by atoms with van der Waals surface area (Å²) in [4.78, 5) is 12.1. The van der Waals surface area contributed by atoms with Crippen molar-refractivity contribution in [1.29, 1.82) is 0 Å². The van der Waals surface area contributed by atoms with Gasteiger partial charge in [0.1, 0.15) is 11.0 Å². The first-order valence-electron chi connectivity index (χ1n) is 6.51. The Bertz CT molecular complexity index is 673. The first kappa shape index (κ1) is 15.9. The number of thiocarbonyl (C=S) groups is 1. The van der Waals surface area contributed by atoms with Crippen LogP contribution in [0.1, 0.15) is 18.4 Å². The standard InChI is InChI=1S/C13H17N3O3S2/c1-15-13(17)11-6-3-7-16(11)21(18,19)10-5-2-4-9(8-10)12(14)20/h2,4-5,8,11H,3,6-7H2,1H3,(H2,14,20)(H,15,17). The molecule has 1 aliphatic rings. The van der Waals surface area contributed by atoms with E-state index in [4.69, 9.17) is 18.0 Å². The van der Waals surface area contributed by atoms with Gasteiger partial charge in [-0.05, 0) is 25.0 Å². The summed E-state index contributed by atoms with van der Waals surface area (Å²) in [7, 11) is -2.24. The van der Waals surface area contributed by atoms with E-state index < -0.39 is 16.1 Å². The Morgan fingerprint density at radius 2 is 2.19 bits per heavy atom. The highest BCUT2D eigenvalue weighted by atomic mass is 32.2. The first-order chi connectivity index (χ1) is 9.87. The summed E-state index contributed by atoms with van der Waals surface area (Å²) in [6, 6.07) is 5.51. The lowest BCUT2D eigenvalue weighted by atomic mass is 10.2. The van der Waals surface area contributed by atoms with E-state index in [0.717, 1.165) is 0 Å². The molecule has 21 heavy (non-hydrogen) atoms. The number of nitrogens with two attached hydrogens (primary N) is 1. The van der Waals surface area contributed by atoms with Gasteiger partial charge in [0.25, 0.3) is 0 Å². The van der Waals surface area contributed by atoms with Crippen LogP contribution in [-0.2, 0) is 14.8 Å². The fourth-order valence-electron chi connectivity index (χ4n) is 2.40. The number of carbonyl (C=O) groups is 1. The zero-order valence-corrected chi connectivity index (χ0v) is 13.2. The van der Waals surface area contributed by atoms with E-state index in [9.17, 15) is 13.2 Å². The molecule has 1 aromatic carbocycles. The molecule has 1 unspecified atom stereocenters. The SMILES string of the molecule is CNC(=O)C1CCCN1S(=O)(=O)c1cccc(C(N)=S)c1. The number of likely N-dealkylation sites (N-methyl/N-ethyl adjacent to an activating group) is 1. The molecule has 0 saturated carbocycles. The van der Waals surface area contributed by atoms with Crippen molar-refractivity contribution in [2.45, 2.75) is 23.8 Å². The van der Waals surface area contributed by atoms with Crippen molar-refractivity contribution >= 4 is 33.1 Å². The van der Waals surface area contributed by atoms with Crippen molar-refractivity contribution in [2.75, 3.05) is 13.6 Å². The Kier molecular flexibility index (Phi) is 4.60. The van der Waals surface area contributed by atoms with Crippen molar-refractivity contribution in [3.05, 3.63) is 29.8 Å². The van der Waals surface area contributed by atoms with Gasteiger partial charge in [0, 0.05) is 19.2 Å². The van der Waals surface area contributed by atoms with Crippen LogP contribution >= 0.6 is 12.2 Å². The quantitative estimate of drug-likeness (QED) is 0.772. The molecule has 3 N–H and O–H groups in total. The third-order valence-corrected chi connectivity index (χ3v) is 5.62. The fraction of sp³-hybridized carbons (Fsp3) is 0.385. The Morgan fingerprint density at radius 3 is 2.81 bits per heavy atom. The Labute approximate surface area is 129 Å². The van der Waals surface area contributed by atoms with Gasteiger partial charge in [-0.15, -0.1) is 0 Å². The summed E-state index contributed by atoms with van der Waals surface area (Å²) >= 11 is 4.87. The largest absolute Gasteiger partial charge is 0.389 e. The van der Waals surface area contributed by atoms with Crippen LogP contribution in [0.25, 0.3) is 0 Å². The first-order valence-corrected chi connectivity index (χ1v) is 8.36. The van der Waals surface area contributed by atoms with Crippen LogP contribution in [-0.4, -0.2) is 43.3 Å². The highest BCUT2D eigenvalue weighted by molar-refractivity contribution is 7.89. The van der Waals surface area contributed by atoms with E-state index in [1.807, 2.05) is 0 Å². The molecule has 1 fully saturated rings. The molecular formula is C13H17N3O3S2. The van der Waals surface area contributed by atoms with Gasteiger partial charge in [0.05, 0.1) is 4.90 Å². The Morgan fingerprint density at radius 1 is 1.48 bits per heavy atom. The Hall–Kier alpha value is -1.51. The second-order valence-corrected chi connectivity index (χ2v) is 7.11.